The molecule has 0 bridgehead atoms. The van der Waals surface area contributed by atoms with Crippen molar-refractivity contribution >= 4 is 0 Å². The van der Waals surface area contributed by atoms with Gasteiger partial charge in [-0.3, -0.25) is 0 Å². The number of hydrogen-bond donors (Lipinski definition) is 0. The van der Waals surface area contributed by atoms with E-state index < -0.39 is 30.5 Å². The molecule has 0 aromatic rings. The summed E-state index contributed by atoms with van der Waals surface area (Å²) in [5.41, 5.74) is 0. The molecule has 0 aromatic carbocycles. The molecule has 11 heavy (non-hydrogen) atoms. The van der Waals surface area contributed by atoms with Crippen molar-refractivity contribution < 1.29 is 22.0 Å². The molecular weight excluding hydrogens is 167 g/mol. The summed E-state index contributed by atoms with van der Waals surface area (Å²) in [7, 11) is 0. The van der Waals surface area contributed by atoms with E-state index in [0.29, 0.717) is 0 Å². The maximum atomic E-state index is 12.2. The largest absolute Gasteiger partial charge is 0.360 e. The van der Waals surface area contributed by atoms with Crippen molar-refractivity contribution in [2.75, 3.05) is 0 Å². The van der Waals surface area contributed by atoms with Gasteiger partial charge in [-0.25, -0.2) is 4.39 Å². The Hall–Kier alpha value is -0.610. The number of allylic oxidation sites excluding steroid dienone is 2. The molecule has 0 unspecified atom stereocenters. The van der Waals surface area contributed by atoms with Crippen LogP contribution in [0, 0.1) is 6.08 Å². The Morgan fingerprint density at radius 1 is 1.18 bits per heavy atom. The lowest BCUT2D eigenvalue weighted by Gasteiger charge is -2.27. The van der Waals surface area contributed by atoms with Crippen molar-refractivity contribution in [3.8, 4) is 0 Å². The minimum absolute atomic E-state index is 0.464. The first-order chi connectivity index (χ1) is 4.88. The van der Waals surface area contributed by atoms with Gasteiger partial charge in [-0.1, -0.05) is 0 Å². The lowest BCUT2D eigenvalue weighted by Crippen LogP contribution is -2.43. The normalized spacial score (nSPS) is 27.9. The van der Waals surface area contributed by atoms with E-state index in [1.54, 1.807) is 6.08 Å². The SMILES string of the molecule is FC1=[C]CCC(F)(F)C1(F)F. The molecule has 5 heteroatoms. The molecule has 0 nitrogen and oxygen atoms in total. The monoisotopic (exact) mass is 171 g/mol. The molecule has 0 atom stereocenters. The van der Waals surface area contributed by atoms with Crippen molar-refractivity contribution in [2.45, 2.75) is 24.7 Å². The van der Waals surface area contributed by atoms with Crippen LogP contribution >= 0.6 is 0 Å². The first kappa shape index (κ1) is 8.49. The summed E-state index contributed by atoms with van der Waals surface area (Å²) >= 11 is 0. The van der Waals surface area contributed by atoms with E-state index >= 15 is 0 Å². The quantitative estimate of drug-likeness (QED) is 0.491. The van der Waals surface area contributed by atoms with E-state index in [2.05, 4.69) is 0 Å². The Labute approximate surface area is 59.7 Å². The van der Waals surface area contributed by atoms with Crippen molar-refractivity contribution in [1.29, 1.82) is 0 Å². The van der Waals surface area contributed by atoms with Gasteiger partial charge >= 0.3 is 11.8 Å². The predicted molar refractivity (Wildman–Crippen MR) is 27.0 cm³/mol. The Kier molecular flexibility index (Phi) is 1.69. The molecule has 0 heterocycles. The van der Waals surface area contributed by atoms with Crippen LogP contribution in [0.5, 0.6) is 0 Å². The highest BCUT2D eigenvalue weighted by atomic mass is 19.3. The molecule has 0 N–H and O–H groups in total. The number of halogens is 5. The molecule has 0 aliphatic heterocycles. The van der Waals surface area contributed by atoms with Gasteiger partial charge in [0.15, 0.2) is 5.83 Å². The summed E-state index contributed by atoms with van der Waals surface area (Å²) in [6.07, 6.45) is 0.0358. The Morgan fingerprint density at radius 3 is 2.09 bits per heavy atom. The molecule has 1 aliphatic rings. The van der Waals surface area contributed by atoms with Crippen LogP contribution in [0.2, 0.25) is 0 Å². The van der Waals surface area contributed by atoms with Gasteiger partial charge in [-0.2, -0.15) is 17.6 Å². The van der Waals surface area contributed by atoms with Crippen molar-refractivity contribution in [3.63, 3.8) is 0 Å². The standard InChI is InChI=1S/C6H4F5/c7-4-2-1-3-5(8,9)6(4,10)11/h1,3H2. The molecule has 0 saturated carbocycles. The molecule has 0 fully saturated rings. The fourth-order valence-electron chi connectivity index (χ4n) is 0.758. The zero-order valence-corrected chi connectivity index (χ0v) is 5.30. The van der Waals surface area contributed by atoms with Crippen molar-refractivity contribution in [1.82, 2.24) is 0 Å². The van der Waals surface area contributed by atoms with E-state index in [0.717, 1.165) is 0 Å². The summed E-state index contributed by atoms with van der Waals surface area (Å²) in [6.45, 7) is 0. The lowest BCUT2D eigenvalue weighted by atomic mass is 9.99. The van der Waals surface area contributed by atoms with Gasteiger partial charge < -0.3 is 0 Å². The first-order valence-corrected chi connectivity index (χ1v) is 2.90. The zero-order valence-electron chi connectivity index (χ0n) is 5.30. The second kappa shape index (κ2) is 2.19. The van der Waals surface area contributed by atoms with Crippen LogP contribution in [-0.2, 0) is 0 Å². The van der Waals surface area contributed by atoms with Crippen LogP contribution in [0.15, 0.2) is 5.83 Å². The minimum Gasteiger partial charge on any atom is -0.205 e. The summed E-state index contributed by atoms with van der Waals surface area (Å²) < 4.78 is 60.7. The molecule has 1 aliphatic carbocycles. The summed E-state index contributed by atoms with van der Waals surface area (Å²) in [5.74, 6) is -11.1. The fraction of sp³-hybridized carbons (Fsp3) is 0.667. The topological polar surface area (TPSA) is 0 Å². The van der Waals surface area contributed by atoms with Crippen LogP contribution in [0.4, 0.5) is 22.0 Å². The second-order valence-electron chi connectivity index (χ2n) is 2.27. The highest BCUT2D eigenvalue weighted by Crippen LogP contribution is 2.46. The zero-order chi connectivity index (χ0) is 8.70. The Bertz CT molecular complexity index is 193. The van der Waals surface area contributed by atoms with E-state index in [1.807, 2.05) is 0 Å². The van der Waals surface area contributed by atoms with Crippen molar-refractivity contribution in [3.05, 3.63) is 11.9 Å². The average Bonchev–Trinajstić information content (AvgIpc) is 1.84. The maximum Gasteiger partial charge on any atom is 0.360 e. The third-order valence-corrected chi connectivity index (χ3v) is 1.45. The molecule has 0 spiro atoms. The highest BCUT2D eigenvalue weighted by molar-refractivity contribution is 5.11. The van der Waals surface area contributed by atoms with Crippen molar-refractivity contribution in [2.24, 2.45) is 0 Å². The summed E-state index contributed by atoms with van der Waals surface area (Å²) in [4.78, 5) is 0. The smallest absolute Gasteiger partial charge is 0.205 e. The van der Waals surface area contributed by atoms with E-state index in [1.165, 1.54) is 0 Å². The number of hydrogen-bond acceptors (Lipinski definition) is 0. The second-order valence-corrected chi connectivity index (χ2v) is 2.27. The van der Waals surface area contributed by atoms with E-state index in [4.69, 9.17) is 0 Å². The molecule has 1 radical (unpaired) electrons. The Morgan fingerprint density at radius 2 is 1.73 bits per heavy atom. The van der Waals surface area contributed by atoms with E-state index in [9.17, 15) is 22.0 Å². The van der Waals surface area contributed by atoms with Crippen LogP contribution in [0.3, 0.4) is 0 Å². The molecule has 0 saturated heterocycles. The molecular formula is C6H4F5. The van der Waals surface area contributed by atoms with Crippen LogP contribution < -0.4 is 0 Å². The number of alkyl halides is 4. The number of rotatable bonds is 0. The van der Waals surface area contributed by atoms with Gasteiger partial charge in [0.05, 0.1) is 0 Å². The molecule has 63 valence electrons. The van der Waals surface area contributed by atoms with Gasteiger partial charge in [0, 0.05) is 6.42 Å². The Balaban J connectivity index is 3.00. The van der Waals surface area contributed by atoms with Gasteiger partial charge in [-0.15, -0.1) is 0 Å². The fourth-order valence-corrected chi connectivity index (χ4v) is 0.758. The summed E-state index contributed by atoms with van der Waals surface area (Å²) in [6, 6.07) is 0. The maximum absolute atomic E-state index is 12.2. The van der Waals surface area contributed by atoms with Crippen LogP contribution in [0.25, 0.3) is 0 Å². The van der Waals surface area contributed by atoms with Gasteiger partial charge in [0.2, 0.25) is 0 Å². The van der Waals surface area contributed by atoms with Gasteiger partial charge in [-0.05, 0) is 12.5 Å². The molecule has 0 aromatic heterocycles. The summed E-state index contributed by atoms with van der Waals surface area (Å²) in [5, 5.41) is 0. The van der Waals surface area contributed by atoms with E-state index in [-0.39, 0.29) is 0 Å². The molecule has 0 amide bonds. The van der Waals surface area contributed by atoms with Crippen LogP contribution in [0.1, 0.15) is 12.8 Å². The third kappa shape index (κ3) is 1.12. The average molecular weight is 171 g/mol. The highest BCUT2D eigenvalue weighted by Gasteiger charge is 2.60. The van der Waals surface area contributed by atoms with Gasteiger partial charge in [0.25, 0.3) is 0 Å². The lowest BCUT2D eigenvalue weighted by molar-refractivity contribution is -0.203. The first-order valence-electron chi connectivity index (χ1n) is 2.90. The van der Waals surface area contributed by atoms with Gasteiger partial charge in [0.1, 0.15) is 0 Å². The third-order valence-electron chi connectivity index (χ3n) is 1.45. The van der Waals surface area contributed by atoms with Crippen LogP contribution in [-0.4, -0.2) is 11.8 Å². The molecule has 1 rings (SSSR count). The minimum atomic E-state index is -4.66. The predicted octanol–water partition coefficient (Wildman–Crippen LogP) is 2.71.